The van der Waals surface area contributed by atoms with Crippen LogP contribution in [0, 0.1) is 6.92 Å². The van der Waals surface area contributed by atoms with Crippen molar-refractivity contribution in [2.75, 3.05) is 13.2 Å². The minimum atomic E-state index is 0.121. The van der Waals surface area contributed by atoms with E-state index in [-0.39, 0.29) is 6.61 Å². The van der Waals surface area contributed by atoms with Gasteiger partial charge in [-0.2, -0.15) is 0 Å². The lowest BCUT2D eigenvalue weighted by Crippen LogP contribution is -2.26. The average molecular weight is 335 g/mol. The monoisotopic (exact) mass is 335 g/mol. The lowest BCUT2D eigenvalue weighted by Gasteiger charge is -2.20. The topological polar surface area (TPSA) is 77.9 Å². The summed E-state index contributed by atoms with van der Waals surface area (Å²) in [6.07, 6.45) is 6.69. The first-order valence-electron chi connectivity index (χ1n) is 7.92. The molecule has 0 amide bonds. The second-order valence-electron chi connectivity index (χ2n) is 5.64. The molecule has 23 heavy (non-hydrogen) atoms. The Morgan fingerprint density at radius 2 is 1.96 bits per heavy atom. The van der Waals surface area contributed by atoms with Crippen molar-refractivity contribution in [1.29, 1.82) is 0 Å². The van der Waals surface area contributed by atoms with E-state index in [1.54, 1.807) is 11.8 Å². The molecule has 126 valence electrons. The Hall–Kier alpha value is -1.44. The molecular formula is C16H25N5OS. The van der Waals surface area contributed by atoms with Gasteiger partial charge in [-0.05, 0) is 13.3 Å². The fourth-order valence-electron chi connectivity index (χ4n) is 2.16. The van der Waals surface area contributed by atoms with E-state index in [9.17, 15) is 5.11 Å². The lowest BCUT2D eigenvalue weighted by molar-refractivity contribution is 0.182. The van der Waals surface area contributed by atoms with Gasteiger partial charge in [-0.3, -0.25) is 4.90 Å². The number of thioether (sulfide) groups is 1. The molecule has 6 nitrogen and oxygen atoms in total. The highest BCUT2D eigenvalue weighted by Gasteiger charge is 2.10. The van der Waals surface area contributed by atoms with Crippen LogP contribution in [0.3, 0.4) is 0 Å². The Labute approximate surface area is 141 Å². The molecule has 1 unspecified atom stereocenters. The molecule has 0 radical (unpaired) electrons. The van der Waals surface area contributed by atoms with Gasteiger partial charge in [0.15, 0.2) is 5.16 Å². The van der Waals surface area contributed by atoms with Crippen molar-refractivity contribution in [3.8, 4) is 0 Å². The molecule has 2 aromatic rings. The average Bonchev–Trinajstić information content (AvgIpc) is 2.94. The summed E-state index contributed by atoms with van der Waals surface area (Å²) < 4.78 is 0. The number of aliphatic hydroxyl groups excluding tert-OH is 1. The van der Waals surface area contributed by atoms with Crippen LogP contribution < -0.4 is 0 Å². The fourth-order valence-corrected chi connectivity index (χ4v) is 2.91. The van der Waals surface area contributed by atoms with Gasteiger partial charge >= 0.3 is 0 Å². The zero-order valence-electron chi connectivity index (χ0n) is 14.0. The molecule has 0 aliphatic carbocycles. The Kier molecular flexibility index (Phi) is 7.01. The zero-order chi connectivity index (χ0) is 16.7. The maximum atomic E-state index is 9.27. The molecule has 0 bridgehead atoms. The van der Waals surface area contributed by atoms with E-state index < -0.39 is 0 Å². The number of imidazole rings is 1. The van der Waals surface area contributed by atoms with Crippen molar-refractivity contribution < 1.29 is 5.11 Å². The van der Waals surface area contributed by atoms with E-state index in [4.69, 9.17) is 0 Å². The molecule has 2 rings (SSSR count). The molecule has 0 aliphatic heterocycles. The smallest absolute Gasteiger partial charge is 0.187 e. The Bertz CT molecular complexity index is 586. The molecule has 2 heterocycles. The quantitative estimate of drug-likeness (QED) is 0.541. The summed E-state index contributed by atoms with van der Waals surface area (Å²) >= 11 is 1.70. The molecule has 2 aromatic heterocycles. The molecule has 0 saturated heterocycles. The molecule has 2 N–H and O–H groups in total. The van der Waals surface area contributed by atoms with E-state index in [1.807, 2.05) is 25.5 Å². The predicted octanol–water partition coefficient (Wildman–Crippen LogP) is 2.39. The van der Waals surface area contributed by atoms with Gasteiger partial charge in [0.1, 0.15) is 5.82 Å². The van der Waals surface area contributed by atoms with Gasteiger partial charge < -0.3 is 10.1 Å². The number of rotatable bonds is 9. The first kappa shape index (κ1) is 17.9. The SMILES string of the molecule is CCC(C)Sc1ncc(CN(CCO)Cc2cnc(C)[nH]2)cn1. The fraction of sp³-hybridized carbons (Fsp3) is 0.562. The predicted molar refractivity (Wildman–Crippen MR) is 92.2 cm³/mol. The van der Waals surface area contributed by atoms with Crippen LogP contribution in [0.15, 0.2) is 23.7 Å². The van der Waals surface area contributed by atoms with Crippen LogP contribution in [0.2, 0.25) is 0 Å². The number of nitrogens with one attached hydrogen (secondary N) is 1. The molecule has 0 aliphatic rings. The largest absolute Gasteiger partial charge is 0.395 e. The Balaban J connectivity index is 1.96. The van der Waals surface area contributed by atoms with Gasteiger partial charge in [-0.1, -0.05) is 25.6 Å². The van der Waals surface area contributed by atoms with Crippen molar-refractivity contribution in [2.45, 2.75) is 50.7 Å². The van der Waals surface area contributed by atoms with Crippen LogP contribution in [0.25, 0.3) is 0 Å². The summed E-state index contributed by atoms with van der Waals surface area (Å²) in [5.74, 6) is 0.902. The molecular weight excluding hydrogens is 310 g/mol. The highest BCUT2D eigenvalue weighted by molar-refractivity contribution is 7.99. The molecule has 0 saturated carbocycles. The third-order valence-electron chi connectivity index (χ3n) is 3.53. The van der Waals surface area contributed by atoms with Crippen LogP contribution in [0.5, 0.6) is 0 Å². The normalized spacial score (nSPS) is 12.7. The molecule has 0 fully saturated rings. The van der Waals surface area contributed by atoms with Crippen LogP contribution in [0.4, 0.5) is 0 Å². The van der Waals surface area contributed by atoms with Gasteiger partial charge in [-0.15, -0.1) is 0 Å². The number of H-pyrrole nitrogens is 1. The van der Waals surface area contributed by atoms with Crippen molar-refractivity contribution in [3.05, 3.63) is 35.7 Å². The highest BCUT2D eigenvalue weighted by Crippen LogP contribution is 2.21. The highest BCUT2D eigenvalue weighted by atomic mass is 32.2. The third kappa shape index (κ3) is 5.93. The number of aliphatic hydroxyl groups is 1. The summed E-state index contributed by atoms with van der Waals surface area (Å²) in [4.78, 5) is 18.4. The van der Waals surface area contributed by atoms with E-state index in [2.05, 4.69) is 38.7 Å². The van der Waals surface area contributed by atoms with Crippen LogP contribution in [-0.2, 0) is 13.1 Å². The summed E-state index contributed by atoms with van der Waals surface area (Å²) in [6.45, 7) is 8.41. The maximum Gasteiger partial charge on any atom is 0.187 e. The number of aromatic amines is 1. The van der Waals surface area contributed by atoms with Crippen LogP contribution in [0.1, 0.15) is 37.4 Å². The van der Waals surface area contributed by atoms with Gasteiger partial charge in [0.2, 0.25) is 0 Å². The molecule has 0 spiro atoms. The number of nitrogens with zero attached hydrogens (tertiary/aromatic N) is 4. The number of aromatic nitrogens is 4. The summed E-state index contributed by atoms with van der Waals surface area (Å²) in [5.41, 5.74) is 2.09. The van der Waals surface area contributed by atoms with E-state index in [0.717, 1.165) is 28.7 Å². The van der Waals surface area contributed by atoms with Crippen molar-refractivity contribution in [3.63, 3.8) is 0 Å². The van der Waals surface area contributed by atoms with Gasteiger partial charge in [0, 0.05) is 54.7 Å². The summed E-state index contributed by atoms with van der Waals surface area (Å²) in [7, 11) is 0. The first-order valence-corrected chi connectivity index (χ1v) is 8.80. The lowest BCUT2D eigenvalue weighted by atomic mass is 10.3. The van der Waals surface area contributed by atoms with Crippen LogP contribution in [-0.4, -0.2) is 48.3 Å². The second kappa shape index (κ2) is 9.00. The van der Waals surface area contributed by atoms with Crippen molar-refractivity contribution in [1.82, 2.24) is 24.8 Å². The minimum Gasteiger partial charge on any atom is -0.395 e. The number of hydrogen-bond donors (Lipinski definition) is 2. The summed E-state index contributed by atoms with van der Waals surface area (Å²) in [6, 6.07) is 0. The van der Waals surface area contributed by atoms with E-state index in [1.165, 1.54) is 0 Å². The Morgan fingerprint density at radius 1 is 1.22 bits per heavy atom. The van der Waals surface area contributed by atoms with E-state index in [0.29, 0.717) is 24.9 Å². The van der Waals surface area contributed by atoms with Gasteiger partial charge in [0.25, 0.3) is 0 Å². The summed E-state index contributed by atoms with van der Waals surface area (Å²) in [5, 5.41) is 10.6. The Morgan fingerprint density at radius 3 is 2.52 bits per heavy atom. The molecule has 1 atom stereocenters. The van der Waals surface area contributed by atoms with Crippen LogP contribution >= 0.6 is 11.8 Å². The molecule has 7 heteroatoms. The minimum absolute atomic E-state index is 0.121. The molecule has 0 aromatic carbocycles. The van der Waals surface area contributed by atoms with E-state index >= 15 is 0 Å². The number of aryl methyl sites for hydroxylation is 1. The zero-order valence-corrected chi connectivity index (χ0v) is 14.8. The second-order valence-corrected chi connectivity index (χ2v) is 7.04. The van der Waals surface area contributed by atoms with Gasteiger partial charge in [0.05, 0.1) is 6.61 Å². The maximum absolute atomic E-state index is 9.27. The van der Waals surface area contributed by atoms with Crippen molar-refractivity contribution >= 4 is 11.8 Å². The van der Waals surface area contributed by atoms with Gasteiger partial charge in [-0.25, -0.2) is 15.0 Å². The third-order valence-corrected chi connectivity index (χ3v) is 4.69. The first-order chi connectivity index (χ1) is 11.1. The number of hydrogen-bond acceptors (Lipinski definition) is 6. The standard InChI is InChI=1S/C16H25N5OS/c1-4-12(2)23-16-18-7-14(8-19-16)10-21(5-6-22)11-15-9-17-13(3)20-15/h7-9,12,22H,4-6,10-11H2,1-3H3,(H,17,20). The van der Waals surface area contributed by atoms with Crippen molar-refractivity contribution in [2.24, 2.45) is 0 Å².